The number of aromatic nitrogens is 1. The number of rotatable bonds is 4. The Balaban J connectivity index is 2.17. The lowest BCUT2D eigenvalue weighted by molar-refractivity contribution is 0.0685. The van der Waals surface area contributed by atoms with Crippen LogP contribution in [0.25, 0.3) is 0 Å². The first-order chi connectivity index (χ1) is 8.89. The highest BCUT2D eigenvalue weighted by atomic mass is 32.2. The standard InChI is InChI=1S/C11H19N3O3S2/c1-14(7-8-3-5-17-6-4-8)11-9(19(2,15)16)10(12)13-18-11/h8H,3-7H2,1-2H3,(H2,12,13). The minimum atomic E-state index is -3.35. The topological polar surface area (TPSA) is 85.5 Å². The molecule has 0 aromatic carbocycles. The molecule has 1 aromatic rings. The molecule has 0 unspecified atom stereocenters. The molecule has 0 saturated carbocycles. The summed E-state index contributed by atoms with van der Waals surface area (Å²) in [5.74, 6) is 0.621. The fraction of sp³-hybridized carbons (Fsp3) is 0.727. The summed E-state index contributed by atoms with van der Waals surface area (Å²) in [6, 6.07) is 0. The lowest BCUT2D eigenvalue weighted by Crippen LogP contribution is -2.29. The summed E-state index contributed by atoms with van der Waals surface area (Å²) in [5.41, 5.74) is 5.67. The molecule has 0 amide bonds. The van der Waals surface area contributed by atoms with Crippen LogP contribution in [0.5, 0.6) is 0 Å². The molecule has 19 heavy (non-hydrogen) atoms. The van der Waals surface area contributed by atoms with Crippen molar-refractivity contribution in [3.63, 3.8) is 0 Å². The maximum absolute atomic E-state index is 11.8. The molecule has 6 nitrogen and oxygen atoms in total. The Morgan fingerprint density at radius 1 is 1.47 bits per heavy atom. The van der Waals surface area contributed by atoms with Gasteiger partial charge in [0.1, 0.15) is 9.90 Å². The van der Waals surface area contributed by atoms with E-state index in [2.05, 4.69) is 4.37 Å². The van der Waals surface area contributed by atoms with Crippen LogP contribution < -0.4 is 10.6 Å². The molecule has 1 aliphatic rings. The average Bonchev–Trinajstić information content (AvgIpc) is 2.72. The lowest BCUT2D eigenvalue weighted by Gasteiger charge is -2.27. The van der Waals surface area contributed by atoms with Gasteiger partial charge in [0.15, 0.2) is 15.7 Å². The van der Waals surface area contributed by atoms with Crippen LogP contribution in [0.15, 0.2) is 4.90 Å². The maximum atomic E-state index is 11.8. The van der Waals surface area contributed by atoms with Gasteiger partial charge in [0.25, 0.3) is 0 Å². The molecule has 0 bridgehead atoms. The molecule has 0 spiro atoms. The summed E-state index contributed by atoms with van der Waals surface area (Å²) in [7, 11) is -1.46. The number of sulfone groups is 1. The summed E-state index contributed by atoms with van der Waals surface area (Å²) in [6.45, 7) is 2.36. The number of nitrogens with two attached hydrogens (primary N) is 1. The van der Waals surface area contributed by atoms with Crippen LogP contribution in [0.2, 0.25) is 0 Å². The van der Waals surface area contributed by atoms with E-state index in [1.165, 1.54) is 6.26 Å². The molecular weight excluding hydrogens is 286 g/mol. The van der Waals surface area contributed by atoms with E-state index in [9.17, 15) is 8.42 Å². The highest BCUT2D eigenvalue weighted by Gasteiger charge is 2.25. The first-order valence-electron chi connectivity index (χ1n) is 6.13. The van der Waals surface area contributed by atoms with Gasteiger partial charge in [-0.25, -0.2) is 8.42 Å². The van der Waals surface area contributed by atoms with Crippen LogP contribution in [0.3, 0.4) is 0 Å². The van der Waals surface area contributed by atoms with Gasteiger partial charge in [-0.1, -0.05) is 0 Å². The molecule has 1 fully saturated rings. The van der Waals surface area contributed by atoms with E-state index in [0.717, 1.165) is 44.1 Å². The van der Waals surface area contributed by atoms with Crippen molar-refractivity contribution in [2.75, 3.05) is 43.7 Å². The summed E-state index contributed by atoms with van der Waals surface area (Å²) in [4.78, 5) is 2.10. The Morgan fingerprint density at radius 3 is 2.68 bits per heavy atom. The molecule has 2 heterocycles. The fourth-order valence-electron chi connectivity index (χ4n) is 2.28. The molecule has 0 atom stereocenters. The van der Waals surface area contributed by atoms with Crippen LogP contribution in [0.4, 0.5) is 10.8 Å². The molecule has 1 aliphatic heterocycles. The zero-order valence-electron chi connectivity index (χ0n) is 11.1. The Morgan fingerprint density at radius 2 is 2.11 bits per heavy atom. The Labute approximate surface area is 117 Å². The highest BCUT2D eigenvalue weighted by Crippen LogP contribution is 2.34. The lowest BCUT2D eigenvalue weighted by atomic mass is 10.00. The second kappa shape index (κ2) is 5.64. The number of ether oxygens (including phenoxy) is 1. The molecule has 2 rings (SSSR count). The SMILES string of the molecule is CN(CC1CCOCC1)c1snc(N)c1S(C)(=O)=O. The fourth-order valence-corrected chi connectivity index (χ4v) is 4.48. The minimum absolute atomic E-state index is 0.0985. The predicted octanol–water partition coefficient (Wildman–Crippen LogP) is 0.992. The Bertz CT molecular complexity index is 535. The Hall–Kier alpha value is -0.860. The van der Waals surface area contributed by atoms with Gasteiger partial charge in [-0.3, -0.25) is 0 Å². The zero-order valence-corrected chi connectivity index (χ0v) is 12.8. The van der Waals surface area contributed by atoms with E-state index in [0.29, 0.717) is 10.9 Å². The van der Waals surface area contributed by atoms with Gasteiger partial charge in [-0.2, -0.15) is 4.37 Å². The van der Waals surface area contributed by atoms with Crippen molar-refractivity contribution < 1.29 is 13.2 Å². The van der Waals surface area contributed by atoms with Gasteiger partial charge in [0, 0.05) is 33.1 Å². The summed E-state index contributed by atoms with van der Waals surface area (Å²) < 4.78 is 32.8. The largest absolute Gasteiger partial charge is 0.382 e. The predicted molar refractivity (Wildman–Crippen MR) is 76.4 cm³/mol. The molecule has 0 radical (unpaired) electrons. The first kappa shape index (κ1) is 14.5. The third-order valence-electron chi connectivity index (χ3n) is 3.25. The normalized spacial score (nSPS) is 17.6. The van der Waals surface area contributed by atoms with Crippen LogP contribution in [-0.2, 0) is 14.6 Å². The number of hydrogen-bond donors (Lipinski definition) is 1. The van der Waals surface area contributed by atoms with E-state index in [-0.39, 0.29) is 10.7 Å². The summed E-state index contributed by atoms with van der Waals surface area (Å²) >= 11 is 1.14. The van der Waals surface area contributed by atoms with Crippen molar-refractivity contribution in [1.29, 1.82) is 0 Å². The van der Waals surface area contributed by atoms with Crippen molar-refractivity contribution >= 4 is 32.2 Å². The van der Waals surface area contributed by atoms with Gasteiger partial charge in [0.05, 0.1) is 0 Å². The second-order valence-corrected chi connectivity index (χ2v) is 7.61. The molecule has 1 aromatic heterocycles. The molecular formula is C11H19N3O3S2. The van der Waals surface area contributed by atoms with Crippen molar-refractivity contribution in [2.45, 2.75) is 17.7 Å². The molecule has 108 valence electrons. The molecule has 8 heteroatoms. The van der Waals surface area contributed by atoms with E-state index in [1.54, 1.807) is 0 Å². The molecule has 1 saturated heterocycles. The molecule has 0 aliphatic carbocycles. The van der Waals surface area contributed by atoms with Gasteiger partial charge in [0.2, 0.25) is 0 Å². The van der Waals surface area contributed by atoms with Gasteiger partial charge in [-0.15, -0.1) is 0 Å². The third-order valence-corrected chi connectivity index (χ3v) is 5.50. The van der Waals surface area contributed by atoms with E-state index in [1.807, 2.05) is 11.9 Å². The third kappa shape index (κ3) is 3.37. The molecule has 2 N–H and O–H groups in total. The maximum Gasteiger partial charge on any atom is 0.182 e. The van der Waals surface area contributed by atoms with Crippen LogP contribution in [0, 0.1) is 5.92 Å². The number of anilines is 2. The summed E-state index contributed by atoms with van der Waals surface area (Å²) in [6.07, 6.45) is 3.18. The minimum Gasteiger partial charge on any atom is -0.382 e. The number of nitrogens with zero attached hydrogens (tertiary/aromatic N) is 2. The first-order valence-corrected chi connectivity index (χ1v) is 8.80. The highest BCUT2D eigenvalue weighted by molar-refractivity contribution is 7.91. The number of hydrogen-bond acceptors (Lipinski definition) is 7. The van der Waals surface area contributed by atoms with Gasteiger partial charge < -0.3 is 15.4 Å². The van der Waals surface area contributed by atoms with Crippen LogP contribution in [0.1, 0.15) is 12.8 Å². The van der Waals surface area contributed by atoms with E-state index < -0.39 is 9.84 Å². The summed E-state index contributed by atoms with van der Waals surface area (Å²) in [5, 5.41) is 0.631. The van der Waals surface area contributed by atoms with Crippen LogP contribution in [-0.4, -0.2) is 45.9 Å². The quantitative estimate of drug-likeness (QED) is 0.893. The average molecular weight is 305 g/mol. The Kier molecular flexibility index (Phi) is 4.32. The van der Waals surface area contributed by atoms with Gasteiger partial charge in [-0.05, 0) is 30.3 Å². The van der Waals surface area contributed by atoms with Crippen molar-refractivity contribution in [3.8, 4) is 0 Å². The monoisotopic (exact) mass is 305 g/mol. The van der Waals surface area contributed by atoms with Crippen molar-refractivity contribution in [2.24, 2.45) is 5.92 Å². The van der Waals surface area contributed by atoms with Crippen molar-refractivity contribution in [3.05, 3.63) is 0 Å². The van der Waals surface area contributed by atoms with Gasteiger partial charge >= 0.3 is 0 Å². The zero-order chi connectivity index (χ0) is 14.0. The van der Waals surface area contributed by atoms with E-state index in [4.69, 9.17) is 10.5 Å². The van der Waals surface area contributed by atoms with Crippen LogP contribution >= 0.6 is 11.5 Å². The smallest absolute Gasteiger partial charge is 0.182 e. The van der Waals surface area contributed by atoms with E-state index >= 15 is 0 Å². The second-order valence-electron chi connectivity index (χ2n) is 4.91. The van der Waals surface area contributed by atoms with Crippen molar-refractivity contribution in [1.82, 2.24) is 4.37 Å². The number of nitrogen functional groups attached to an aromatic ring is 1.